The van der Waals surface area contributed by atoms with E-state index >= 15 is 0 Å². The van der Waals surface area contributed by atoms with Crippen LogP contribution in [0.3, 0.4) is 0 Å². The van der Waals surface area contributed by atoms with Crippen molar-refractivity contribution in [2.75, 3.05) is 7.05 Å². The number of Topliss-reactive ketones (excluding diaryl/α,β-unsaturated/α-hetero) is 1. The number of aromatic hydroxyl groups is 1. The van der Waals surface area contributed by atoms with E-state index in [0.717, 1.165) is 29.9 Å². The molecule has 0 fully saturated rings. The van der Waals surface area contributed by atoms with E-state index in [-0.39, 0.29) is 17.3 Å². The summed E-state index contributed by atoms with van der Waals surface area (Å²) in [6, 6.07) is 9.66. The molecule has 5 heteroatoms. The Morgan fingerprint density at radius 3 is 2.19 bits per heavy atom. The number of benzene rings is 2. The maximum atomic E-state index is 12.8. The Hall–Kier alpha value is -3.21. The smallest absolute Gasteiger partial charge is 0.160 e. The highest BCUT2D eigenvalue weighted by molar-refractivity contribution is 5.95. The SMILES string of the molecule is C=C(Oc1ccc(O)cc1C)C(CC)CCC(C)C.C=CC=NC.CC.CC(=O)c1cccc(F)c1C. The lowest BCUT2D eigenvalue weighted by molar-refractivity contribution is 0.101. The lowest BCUT2D eigenvalue weighted by Crippen LogP contribution is -2.09. The average molecular weight is 514 g/mol. The van der Waals surface area contributed by atoms with Gasteiger partial charge >= 0.3 is 0 Å². The second-order valence-electron chi connectivity index (χ2n) is 8.71. The highest BCUT2D eigenvalue weighted by Gasteiger charge is 2.14. The minimum atomic E-state index is -0.322. The summed E-state index contributed by atoms with van der Waals surface area (Å²) in [5.74, 6) is 2.57. The van der Waals surface area contributed by atoms with E-state index in [9.17, 15) is 14.3 Å². The molecular formula is C32H48FNO3. The van der Waals surface area contributed by atoms with E-state index in [1.54, 1.807) is 56.6 Å². The number of carbonyl (C=O) groups is 1. The number of aliphatic imine (C=N–C) groups is 1. The summed E-state index contributed by atoms with van der Waals surface area (Å²) in [5.41, 5.74) is 1.82. The summed E-state index contributed by atoms with van der Waals surface area (Å²) in [4.78, 5) is 14.5. The van der Waals surface area contributed by atoms with Gasteiger partial charge < -0.3 is 9.84 Å². The van der Waals surface area contributed by atoms with Crippen LogP contribution in [0.4, 0.5) is 4.39 Å². The number of ether oxygens (including phenoxy) is 1. The summed E-state index contributed by atoms with van der Waals surface area (Å²) in [5, 5.41) is 9.39. The zero-order chi connectivity index (χ0) is 29.0. The van der Waals surface area contributed by atoms with Crippen LogP contribution >= 0.6 is 0 Å². The molecule has 0 heterocycles. The van der Waals surface area contributed by atoms with Gasteiger partial charge in [0.2, 0.25) is 0 Å². The van der Waals surface area contributed by atoms with Crippen LogP contribution in [0.5, 0.6) is 11.5 Å². The molecule has 0 aliphatic carbocycles. The van der Waals surface area contributed by atoms with E-state index < -0.39 is 0 Å². The number of hydrogen-bond donors (Lipinski definition) is 1. The molecule has 1 N–H and O–H groups in total. The lowest BCUT2D eigenvalue weighted by atomic mass is 9.94. The standard InChI is InChI=1S/C17H26O2.C9H9FO.C4H7N.C2H6/c1-6-15(8-7-12(2)3)14(5)19-17-10-9-16(18)11-13(17)4;1-6-8(7(2)11)4-3-5-9(6)10;1-3-4-5-2;1-2/h9-12,15,18H,5-8H2,1-4H3;3-5H,1-2H3;3-4H,1H2,2H3;1-2H3. The Bertz CT molecular complexity index is 980. The third kappa shape index (κ3) is 15.5. The largest absolute Gasteiger partial charge is 0.508 e. The Morgan fingerprint density at radius 1 is 1.16 bits per heavy atom. The van der Waals surface area contributed by atoms with Crippen LogP contribution in [-0.2, 0) is 0 Å². The minimum absolute atomic E-state index is 0.0954. The van der Waals surface area contributed by atoms with Crippen molar-refractivity contribution < 1.29 is 19.0 Å². The van der Waals surface area contributed by atoms with E-state index in [4.69, 9.17) is 4.74 Å². The van der Waals surface area contributed by atoms with E-state index in [0.29, 0.717) is 23.0 Å². The molecule has 0 aromatic heterocycles. The number of phenols is 1. The van der Waals surface area contributed by atoms with Crippen molar-refractivity contribution >= 4 is 12.0 Å². The molecule has 0 aliphatic heterocycles. The fraction of sp³-hybridized carbons (Fsp3) is 0.438. The van der Waals surface area contributed by atoms with Crippen molar-refractivity contribution in [3.05, 3.63) is 83.9 Å². The van der Waals surface area contributed by atoms with Gasteiger partial charge in [-0.15, -0.1) is 0 Å². The van der Waals surface area contributed by atoms with E-state index in [1.807, 2.05) is 20.8 Å². The van der Waals surface area contributed by atoms with Gasteiger partial charge in [-0.1, -0.05) is 72.4 Å². The summed E-state index contributed by atoms with van der Waals surface area (Å²) < 4.78 is 18.7. The van der Waals surface area contributed by atoms with Crippen LogP contribution in [0.1, 0.15) is 82.3 Å². The van der Waals surface area contributed by atoms with Crippen molar-refractivity contribution in [3.63, 3.8) is 0 Å². The maximum Gasteiger partial charge on any atom is 0.160 e. The van der Waals surface area contributed by atoms with Gasteiger partial charge in [-0.05, 0) is 74.9 Å². The third-order valence-electron chi connectivity index (χ3n) is 5.34. The van der Waals surface area contributed by atoms with Crippen molar-refractivity contribution in [1.29, 1.82) is 0 Å². The highest BCUT2D eigenvalue weighted by atomic mass is 19.1. The zero-order valence-electron chi connectivity index (χ0n) is 24.4. The molecule has 0 amide bonds. The van der Waals surface area contributed by atoms with Gasteiger partial charge in [0.1, 0.15) is 17.3 Å². The molecule has 2 aromatic carbocycles. The molecule has 0 aliphatic rings. The molecule has 1 atom stereocenters. The monoisotopic (exact) mass is 513 g/mol. The number of halogens is 1. The Morgan fingerprint density at radius 2 is 1.78 bits per heavy atom. The third-order valence-corrected chi connectivity index (χ3v) is 5.34. The Kier molecular flexibility index (Phi) is 20.3. The van der Waals surface area contributed by atoms with Crippen molar-refractivity contribution in [2.24, 2.45) is 16.8 Å². The van der Waals surface area contributed by atoms with Crippen molar-refractivity contribution in [1.82, 2.24) is 0 Å². The first-order chi connectivity index (χ1) is 17.5. The van der Waals surface area contributed by atoms with Crippen LogP contribution < -0.4 is 4.74 Å². The van der Waals surface area contributed by atoms with Crippen LogP contribution in [0.15, 0.2) is 66.4 Å². The molecule has 0 saturated carbocycles. The number of hydrogen-bond acceptors (Lipinski definition) is 4. The summed E-state index contributed by atoms with van der Waals surface area (Å²) in [6.07, 6.45) is 6.63. The molecule has 0 spiro atoms. The predicted molar refractivity (Wildman–Crippen MR) is 158 cm³/mol. The van der Waals surface area contributed by atoms with Gasteiger partial charge in [0.15, 0.2) is 5.78 Å². The first-order valence-corrected chi connectivity index (χ1v) is 12.9. The fourth-order valence-electron chi connectivity index (χ4n) is 3.19. The van der Waals surface area contributed by atoms with Crippen LogP contribution in [0.25, 0.3) is 0 Å². The molecule has 0 saturated heterocycles. The van der Waals surface area contributed by atoms with Gasteiger partial charge in [0.25, 0.3) is 0 Å². The van der Waals surface area contributed by atoms with E-state index in [2.05, 4.69) is 38.9 Å². The number of phenolic OH excluding ortho intramolecular Hbond substituents is 1. The van der Waals surface area contributed by atoms with Crippen molar-refractivity contribution in [3.8, 4) is 11.5 Å². The van der Waals surface area contributed by atoms with E-state index in [1.165, 1.54) is 19.4 Å². The first kappa shape index (κ1) is 35.9. The normalized spacial score (nSPS) is 10.7. The van der Waals surface area contributed by atoms with Gasteiger partial charge in [-0.25, -0.2) is 4.39 Å². The molecule has 2 aromatic rings. The number of allylic oxidation sites excluding steroid dienone is 2. The fourth-order valence-corrected chi connectivity index (χ4v) is 3.19. The molecule has 0 radical (unpaired) electrons. The van der Waals surface area contributed by atoms with Crippen LogP contribution in [-0.4, -0.2) is 24.2 Å². The Labute approximate surface area is 225 Å². The second-order valence-corrected chi connectivity index (χ2v) is 8.71. The number of nitrogens with zero attached hydrogens (tertiary/aromatic N) is 1. The van der Waals surface area contributed by atoms with Crippen LogP contribution in [0, 0.1) is 31.5 Å². The summed E-state index contributed by atoms with van der Waals surface area (Å²) in [7, 11) is 1.71. The number of carbonyl (C=O) groups excluding carboxylic acids is 1. The zero-order valence-corrected chi connectivity index (χ0v) is 24.4. The molecular weight excluding hydrogens is 465 g/mol. The average Bonchev–Trinajstić information content (AvgIpc) is 2.85. The van der Waals surface area contributed by atoms with Crippen molar-refractivity contribution in [2.45, 2.75) is 74.7 Å². The van der Waals surface area contributed by atoms with Gasteiger partial charge in [-0.3, -0.25) is 9.79 Å². The maximum absolute atomic E-state index is 12.8. The first-order valence-electron chi connectivity index (χ1n) is 12.9. The molecule has 37 heavy (non-hydrogen) atoms. The second kappa shape index (κ2) is 20.9. The van der Waals surface area contributed by atoms with Gasteiger partial charge in [0.05, 0.1) is 5.76 Å². The van der Waals surface area contributed by atoms with Gasteiger partial charge in [0, 0.05) is 24.7 Å². The quantitative estimate of drug-likeness (QED) is 0.206. The summed E-state index contributed by atoms with van der Waals surface area (Å²) in [6.45, 7) is 23.1. The number of aryl methyl sites for hydroxylation is 1. The topological polar surface area (TPSA) is 58.9 Å². The molecule has 0 bridgehead atoms. The van der Waals surface area contributed by atoms with Crippen LogP contribution in [0.2, 0.25) is 0 Å². The minimum Gasteiger partial charge on any atom is -0.508 e. The molecule has 4 nitrogen and oxygen atoms in total. The molecule has 1 unspecified atom stereocenters. The highest BCUT2D eigenvalue weighted by Crippen LogP contribution is 2.28. The Balaban J connectivity index is 0. The van der Waals surface area contributed by atoms with Gasteiger partial charge in [-0.2, -0.15) is 0 Å². The number of ketones is 1. The number of rotatable bonds is 9. The molecule has 206 valence electrons. The predicted octanol–water partition coefficient (Wildman–Crippen LogP) is 9.29. The summed E-state index contributed by atoms with van der Waals surface area (Å²) >= 11 is 0. The molecule has 2 rings (SSSR count). The lowest BCUT2D eigenvalue weighted by Gasteiger charge is -2.20.